The van der Waals surface area contributed by atoms with Crippen molar-refractivity contribution in [2.75, 3.05) is 26.4 Å². The van der Waals surface area contributed by atoms with Crippen LogP contribution in [0.2, 0.25) is 0 Å². The summed E-state index contributed by atoms with van der Waals surface area (Å²) in [7, 11) is 4.08. The van der Waals surface area contributed by atoms with Crippen molar-refractivity contribution in [1.82, 2.24) is 14.5 Å². The van der Waals surface area contributed by atoms with E-state index in [9.17, 15) is 4.79 Å². The Balaban J connectivity index is 2.54. The fraction of sp³-hybridized carbons (Fsp3) is 0.636. The van der Waals surface area contributed by atoms with Crippen molar-refractivity contribution >= 4 is 17.7 Å². The van der Waals surface area contributed by atoms with Gasteiger partial charge in [0.2, 0.25) is 0 Å². The predicted octanol–water partition coefficient (Wildman–Crippen LogP) is 1.32. The Morgan fingerprint density at radius 2 is 2.29 bits per heavy atom. The van der Waals surface area contributed by atoms with Crippen LogP contribution in [0.15, 0.2) is 11.4 Å². The summed E-state index contributed by atoms with van der Waals surface area (Å²) in [4.78, 5) is 17.0. The Labute approximate surface area is 106 Å². The Kier molecular flexibility index (Phi) is 5.50. The topological polar surface area (TPSA) is 58.4 Å². The van der Waals surface area contributed by atoms with Crippen LogP contribution in [0.5, 0.6) is 0 Å². The third-order valence-electron chi connectivity index (χ3n) is 2.19. The van der Waals surface area contributed by atoms with E-state index in [4.69, 9.17) is 5.11 Å². The van der Waals surface area contributed by atoms with Crippen molar-refractivity contribution in [3.8, 4) is 0 Å². The number of rotatable bonds is 7. The van der Waals surface area contributed by atoms with Gasteiger partial charge in [-0.15, -0.1) is 0 Å². The predicted molar refractivity (Wildman–Crippen MR) is 68.5 cm³/mol. The van der Waals surface area contributed by atoms with Crippen LogP contribution >= 0.6 is 11.8 Å². The first-order chi connectivity index (χ1) is 7.99. The highest BCUT2D eigenvalue weighted by Crippen LogP contribution is 2.17. The molecule has 0 saturated heterocycles. The minimum Gasteiger partial charge on any atom is -0.481 e. The molecule has 5 nitrogen and oxygen atoms in total. The average molecular weight is 257 g/mol. The summed E-state index contributed by atoms with van der Waals surface area (Å²) in [5.74, 6) is -0.750. The lowest BCUT2D eigenvalue weighted by molar-refractivity contribution is -0.133. The second-order valence-corrected chi connectivity index (χ2v) is 5.14. The molecule has 0 aliphatic rings. The van der Waals surface area contributed by atoms with Gasteiger partial charge in [0.05, 0.1) is 11.4 Å². The molecule has 0 bridgehead atoms. The van der Waals surface area contributed by atoms with Gasteiger partial charge in [0.1, 0.15) is 0 Å². The molecule has 6 heteroatoms. The minimum absolute atomic E-state index is 0.0597. The van der Waals surface area contributed by atoms with Gasteiger partial charge in [0.25, 0.3) is 0 Å². The maximum atomic E-state index is 10.5. The molecule has 1 rings (SSSR count). The van der Waals surface area contributed by atoms with E-state index in [1.165, 1.54) is 11.8 Å². The number of carboxylic acids is 1. The normalized spacial score (nSPS) is 11.1. The zero-order chi connectivity index (χ0) is 12.8. The first-order valence-corrected chi connectivity index (χ1v) is 6.50. The summed E-state index contributed by atoms with van der Waals surface area (Å²) in [6, 6.07) is 0. The lowest BCUT2D eigenvalue weighted by atomic mass is 10.4. The van der Waals surface area contributed by atoms with Crippen LogP contribution in [-0.2, 0) is 11.3 Å². The van der Waals surface area contributed by atoms with Gasteiger partial charge in [-0.3, -0.25) is 4.79 Å². The van der Waals surface area contributed by atoms with E-state index in [1.807, 2.05) is 31.8 Å². The van der Waals surface area contributed by atoms with Gasteiger partial charge >= 0.3 is 5.97 Å². The van der Waals surface area contributed by atoms with Crippen LogP contribution < -0.4 is 0 Å². The summed E-state index contributed by atoms with van der Waals surface area (Å²) >= 11 is 1.27. The summed E-state index contributed by atoms with van der Waals surface area (Å²) in [6.07, 6.45) is 3.00. The number of thioether (sulfide) groups is 1. The highest BCUT2D eigenvalue weighted by molar-refractivity contribution is 7.99. The number of hydrogen-bond acceptors (Lipinski definition) is 4. The number of imidazole rings is 1. The number of hydrogen-bond donors (Lipinski definition) is 1. The molecule has 96 valence electrons. The van der Waals surface area contributed by atoms with Crippen molar-refractivity contribution in [2.45, 2.75) is 25.0 Å². The average Bonchev–Trinajstić information content (AvgIpc) is 2.55. The third-order valence-corrected chi connectivity index (χ3v) is 3.16. The molecule has 0 aliphatic heterocycles. The molecule has 0 saturated carbocycles. The SMILES string of the molecule is Cc1cn(CCCN(C)C)c(SCC(=O)O)n1. The molecular weight excluding hydrogens is 238 g/mol. The molecule has 1 N–H and O–H groups in total. The highest BCUT2D eigenvalue weighted by atomic mass is 32.2. The Hall–Kier alpha value is -1.01. The van der Waals surface area contributed by atoms with Crippen LogP contribution in [0, 0.1) is 6.92 Å². The number of aryl methyl sites for hydroxylation is 2. The molecule has 17 heavy (non-hydrogen) atoms. The smallest absolute Gasteiger partial charge is 0.313 e. The van der Waals surface area contributed by atoms with E-state index in [2.05, 4.69) is 9.88 Å². The van der Waals surface area contributed by atoms with Crippen molar-refractivity contribution in [1.29, 1.82) is 0 Å². The molecule has 0 fully saturated rings. The molecule has 0 radical (unpaired) electrons. The largest absolute Gasteiger partial charge is 0.481 e. The van der Waals surface area contributed by atoms with Crippen molar-refractivity contribution < 1.29 is 9.90 Å². The van der Waals surface area contributed by atoms with Crippen LogP contribution in [0.25, 0.3) is 0 Å². The second-order valence-electron chi connectivity index (χ2n) is 4.20. The number of carbonyl (C=O) groups is 1. The molecule has 0 aromatic carbocycles. The van der Waals surface area contributed by atoms with E-state index in [0.29, 0.717) is 0 Å². The molecule has 0 atom stereocenters. The number of carboxylic acid groups (broad SMARTS) is 1. The van der Waals surface area contributed by atoms with Crippen LogP contribution in [0.4, 0.5) is 0 Å². The molecule has 0 amide bonds. The van der Waals surface area contributed by atoms with Gasteiger partial charge in [0, 0.05) is 12.7 Å². The molecule has 0 spiro atoms. The van der Waals surface area contributed by atoms with Crippen LogP contribution in [0.1, 0.15) is 12.1 Å². The lowest BCUT2D eigenvalue weighted by Crippen LogP contribution is -2.15. The highest BCUT2D eigenvalue weighted by Gasteiger charge is 2.08. The summed E-state index contributed by atoms with van der Waals surface area (Å²) in [5, 5.41) is 9.45. The van der Waals surface area contributed by atoms with Crippen molar-refractivity contribution in [2.24, 2.45) is 0 Å². The fourth-order valence-electron chi connectivity index (χ4n) is 1.48. The van der Waals surface area contributed by atoms with Gasteiger partial charge in [-0.1, -0.05) is 11.8 Å². The van der Waals surface area contributed by atoms with E-state index < -0.39 is 5.97 Å². The number of aliphatic carboxylic acids is 1. The first kappa shape index (κ1) is 14.1. The second kappa shape index (κ2) is 6.66. The molecular formula is C11H19N3O2S. The monoisotopic (exact) mass is 257 g/mol. The zero-order valence-corrected chi connectivity index (χ0v) is 11.3. The lowest BCUT2D eigenvalue weighted by Gasteiger charge is -2.10. The number of aromatic nitrogens is 2. The quantitative estimate of drug-likeness (QED) is 0.747. The third kappa shape index (κ3) is 5.23. The van der Waals surface area contributed by atoms with E-state index >= 15 is 0 Å². The molecule has 1 aromatic rings. The Bertz CT molecular complexity index is 377. The maximum absolute atomic E-state index is 10.5. The van der Waals surface area contributed by atoms with Gasteiger partial charge in [-0.2, -0.15) is 0 Å². The summed E-state index contributed by atoms with van der Waals surface area (Å²) in [6.45, 7) is 3.81. The van der Waals surface area contributed by atoms with Crippen LogP contribution in [-0.4, -0.2) is 51.9 Å². The molecule has 0 unspecified atom stereocenters. The zero-order valence-electron chi connectivity index (χ0n) is 10.5. The summed E-state index contributed by atoms with van der Waals surface area (Å²) in [5.41, 5.74) is 0.933. The standard InChI is InChI=1S/C11H19N3O2S/c1-9-7-14(6-4-5-13(2)3)11(12-9)17-8-10(15)16/h7H,4-6,8H2,1-3H3,(H,15,16). The van der Waals surface area contributed by atoms with Gasteiger partial charge in [-0.05, 0) is 34.0 Å². The first-order valence-electron chi connectivity index (χ1n) is 5.52. The van der Waals surface area contributed by atoms with Gasteiger partial charge in [0.15, 0.2) is 5.16 Å². The summed E-state index contributed by atoms with van der Waals surface area (Å²) < 4.78 is 2.03. The Morgan fingerprint density at radius 3 is 2.88 bits per heavy atom. The van der Waals surface area contributed by atoms with Crippen molar-refractivity contribution in [3.63, 3.8) is 0 Å². The van der Waals surface area contributed by atoms with Gasteiger partial charge in [-0.25, -0.2) is 4.98 Å². The van der Waals surface area contributed by atoms with Crippen molar-refractivity contribution in [3.05, 3.63) is 11.9 Å². The van der Waals surface area contributed by atoms with Crippen LogP contribution in [0.3, 0.4) is 0 Å². The maximum Gasteiger partial charge on any atom is 0.313 e. The van der Waals surface area contributed by atoms with Gasteiger partial charge < -0.3 is 14.6 Å². The number of nitrogens with zero attached hydrogens (tertiary/aromatic N) is 3. The fourth-order valence-corrected chi connectivity index (χ4v) is 2.25. The Morgan fingerprint density at radius 1 is 1.59 bits per heavy atom. The molecule has 1 aromatic heterocycles. The van der Waals surface area contributed by atoms with E-state index in [1.54, 1.807) is 0 Å². The minimum atomic E-state index is -0.810. The molecule has 0 aliphatic carbocycles. The molecule has 1 heterocycles. The van der Waals surface area contributed by atoms with E-state index in [-0.39, 0.29) is 5.75 Å². The van der Waals surface area contributed by atoms with E-state index in [0.717, 1.165) is 30.4 Å².